The lowest BCUT2D eigenvalue weighted by molar-refractivity contribution is 0.447. The molecule has 0 amide bonds. The average molecular weight is 731 g/mol. The summed E-state index contributed by atoms with van der Waals surface area (Å²) in [6.45, 7) is 9.78. The molecular formula is C51H46N2OSi. The van der Waals surface area contributed by atoms with Crippen LogP contribution in [0, 0.1) is 0 Å². The standard InChI is InChI=1S/C51H46N2OSi/c1-51(2)43-32-36(23-22-35-24-27-37(28-25-35)53-46-17-6-5-7-20-49(46)55(3,4)50-21-13-11-18-47(50)53)26-30-41(43)42-31-29-39(34-44(42)51)52-38-14-8-9-15-40(33-38)54-48-19-12-10-16-45(48)52/h6-29,31-34,38,41H,5,30H2,1-4H3. The Morgan fingerprint density at radius 2 is 1.58 bits per heavy atom. The number of nitrogens with zero attached hydrogens (tertiary/aromatic N) is 2. The molecule has 2 unspecified atom stereocenters. The highest BCUT2D eigenvalue weighted by Crippen LogP contribution is 2.55. The van der Waals surface area contributed by atoms with Crippen LogP contribution in [0.1, 0.15) is 49.3 Å². The number of benzene rings is 4. The van der Waals surface area contributed by atoms with E-state index in [1.807, 2.05) is 12.1 Å². The van der Waals surface area contributed by atoms with Crippen molar-refractivity contribution in [1.82, 2.24) is 0 Å². The summed E-state index contributed by atoms with van der Waals surface area (Å²) in [6.07, 6.45) is 31.5. The smallest absolute Gasteiger partial charge is 0.151 e. The average Bonchev–Trinajstić information content (AvgIpc) is 3.55. The molecule has 0 saturated carbocycles. The lowest BCUT2D eigenvalue weighted by atomic mass is 9.77. The second-order valence-corrected chi connectivity index (χ2v) is 20.8. The second-order valence-electron chi connectivity index (χ2n) is 16.5. The van der Waals surface area contributed by atoms with Crippen molar-refractivity contribution in [2.24, 2.45) is 0 Å². The Morgan fingerprint density at radius 1 is 0.800 bits per heavy atom. The number of para-hydroxylation sites is 3. The van der Waals surface area contributed by atoms with Gasteiger partial charge in [-0.25, -0.2) is 0 Å². The number of rotatable bonds is 4. The van der Waals surface area contributed by atoms with E-state index >= 15 is 0 Å². The molecule has 55 heavy (non-hydrogen) atoms. The zero-order valence-electron chi connectivity index (χ0n) is 32.0. The van der Waals surface area contributed by atoms with Gasteiger partial charge in [-0.3, -0.25) is 0 Å². The van der Waals surface area contributed by atoms with Crippen LogP contribution in [0.4, 0.5) is 22.7 Å². The molecule has 4 heteroatoms. The minimum Gasteiger partial charge on any atom is -0.455 e. The van der Waals surface area contributed by atoms with Gasteiger partial charge in [0.2, 0.25) is 0 Å². The van der Waals surface area contributed by atoms with E-state index in [-0.39, 0.29) is 11.5 Å². The van der Waals surface area contributed by atoms with Gasteiger partial charge in [-0.15, -0.1) is 0 Å². The molecule has 0 spiro atoms. The molecule has 10 rings (SSSR count). The van der Waals surface area contributed by atoms with Crippen LogP contribution >= 0.6 is 0 Å². The molecule has 0 saturated heterocycles. The van der Waals surface area contributed by atoms with Crippen LogP contribution in [0.3, 0.4) is 0 Å². The maximum Gasteiger partial charge on any atom is 0.151 e. The third-order valence-electron chi connectivity index (χ3n) is 12.5. The summed E-state index contributed by atoms with van der Waals surface area (Å²) in [5.74, 6) is 2.16. The number of hydrogen-bond acceptors (Lipinski definition) is 3. The summed E-state index contributed by atoms with van der Waals surface area (Å²) in [7, 11) is -1.83. The molecule has 4 aromatic rings. The normalized spacial score (nSPS) is 22.3. The molecule has 2 bridgehead atoms. The SMILES string of the molecule is CC1(C)C2=CC(C=Cc3ccc(N4C5=C(C=CCC=C5)[Si](C)(C)c5ccccc54)cc3)=CCC2c2ccc(N3c4ccccc4OC4=CC3C=CC=C4)cc21. The van der Waals surface area contributed by atoms with Crippen LogP contribution in [-0.4, -0.2) is 14.1 Å². The van der Waals surface area contributed by atoms with Crippen molar-refractivity contribution in [1.29, 1.82) is 0 Å². The molecule has 0 radical (unpaired) electrons. The van der Waals surface area contributed by atoms with E-state index in [4.69, 9.17) is 4.74 Å². The van der Waals surface area contributed by atoms with Crippen molar-refractivity contribution in [3.05, 3.63) is 208 Å². The van der Waals surface area contributed by atoms with Crippen LogP contribution in [0.25, 0.3) is 6.08 Å². The van der Waals surface area contributed by atoms with Crippen LogP contribution in [0.2, 0.25) is 13.1 Å². The molecule has 0 aromatic heterocycles. The highest BCUT2D eigenvalue weighted by atomic mass is 28.3. The van der Waals surface area contributed by atoms with Crippen molar-refractivity contribution in [3.8, 4) is 5.75 Å². The largest absolute Gasteiger partial charge is 0.455 e. The zero-order chi connectivity index (χ0) is 37.3. The Hall–Kier alpha value is -5.84. The van der Waals surface area contributed by atoms with Crippen molar-refractivity contribution in [3.63, 3.8) is 0 Å². The van der Waals surface area contributed by atoms with Gasteiger partial charge in [0.25, 0.3) is 0 Å². The fourth-order valence-electron chi connectivity index (χ4n) is 9.64. The fourth-order valence-corrected chi connectivity index (χ4v) is 12.6. The predicted molar refractivity (Wildman–Crippen MR) is 233 cm³/mol. The van der Waals surface area contributed by atoms with Crippen molar-refractivity contribution in [2.75, 3.05) is 9.80 Å². The summed E-state index contributed by atoms with van der Waals surface area (Å²) in [5, 5.41) is 2.99. The number of fused-ring (bicyclic) bond motifs is 6. The first-order valence-electron chi connectivity index (χ1n) is 19.7. The first kappa shape index (κ1) is 33.7. The van der Waals surface area contributed by atoms with E-state index in [0.717, 1.165) is 30.0 Å². The van der Waals surface area contributed by atoms with E-state index in [1.165, 1.54) is 61.0 Å². The van der Waals surface area contributed by atoms with Crippen molar-refractivity contribution < 1.29 is 4.74 Å². The molecular weight excluding hydrogens is 685 g/mol. The Balaban J connectivity index is 0.928. The molecule has 6 aliphatic rings. The topological polar surface area (TPSA) is 15.7 Å². The third-order valence-corrected chi connectivity index (χ3v) is 16.0. The molecule has 2 aliphatic heterocycles. The minimum atomic E-state index is -1.83. The lowest BCUT2D eigenvalue weighted by Gasteiger charge is -2.41. The fraction of sp³-hybridized carbons (Fsp3) is 0.176. The van der Waals surface area contributed by atoms with Gasteiger partial charge in [-0.2, -0.15) is 0 Å². The summed E-state index contributed by atoms with van der Waals surface area (Å²) >= 11 is 0. The quantitative estimate of drug-likeness (QED) is 0.194. The number of ether oxygens (including phenoxy) is 1. The van der Waals surface area contributed by atoms with Gasteiger partial charge in [-0.1, -0.05) is 142 Å². The molecule has 4 aliphatic carbocycles. The zero-order valence-corrected chi connectivity index (χ0v) is 33.0. The van der Waals surface area contributed by atoms with Gasteiger partial charge in [-0.05, 0) is 106 Å². The summed E-state index contributed by atoms with van der Waals surface area (Å²) < 4.78 is 6.38. The summed E-state index contributed by atoms with van der Waals surface area (Å²) in [5.41, 5.74) is 12.9. The number of hydrogen-bond donors (Lipinski definition) is 0. The van der Waals surface area contributed by atoms with Crippen molar-refractivity contribution >= 4 is 42.1 Å². The van der Waals surface area contributed by atoms with Crippen LogP contribution in [0.15, 0.2) is 192 Å². The Morgan fingerprint density at radius 3 is 2.45 bits per heavy atom. The Bertz CT molecular complexity index is 2530. The Labute approximate surface area is 326 Å². The molecule has 0 fully saturated rings. The van der Waals surface area contributed by atoms with Crippen LogP contribution in [0.5, 0.6) is 5.75 Å². The highest BCUT2D eigenvalue weighted by Gasteiger charge is 2.43. The lowest BCUT2D eigenvalue weighted by Crippen LogP contribution is -2.50. The maximum atomic E-state index is 6.38. The minimum absolute atomic E-state index is 0.0509. The van der Waals surface area contributed by atoms with E-state index in [2.05, 4.69) is 195 Å². The molecule has 3 nitrogen and oxygen atoms in total. The van der Waals surface area contributed by atoms with Gasteiger partial charge in [0.15, 0.2) is 5.75 Å². The summed E-state index contributed by atoms with van der Waals surface area (Å²) in [6, 6.07) is 33.7. The molecule has 2 heterocycles. The van der Waals surface area contributed by atoms with E-state index in [0.29, 0.717) is 5.92 Å². The predicted octanol–water partition coefficient (Wildman–Crippen LogP) is 12.3. The van der Waals surface area contributed by atoms with Crippen molar-refractivity contribution in [2.45, 2.75) is 57.2 Å². The summed E-state index contributed by atoms with van der Waals surface area (Å²) in [4.78, 5) is 4.89. The van der Waals surface area contributed by atoms with Crippen LogP contribution in [-0.2, 0) is 5.41 Å². The van der Waals surface area contributed by atoms with Gasteiger partial charge >= 0.3 is 0 Å². The van der Waals surface area contributed by atoms with Gasteiger partial charge in [0, 0.05) is 34.1 Å². The Kier molecular flexibility index (Phi) is 7.90. The van der Waals surface area contributed by atoms with Gasteiger partial charge < -0.3 is 14.5 Å². The van der Waals surface area contributed by atoms with Gasteiger partial charge in [0.05, 0.1) is 11.7 Å². The second kappa shape index (κ2) is 12.9. The van der Waals surface area contributed by atoms with E-state index in [1.54, 1.807) is 0 Å². The molecule has 0 N–H and O–H groups in total. The van der Waals surface area contributed by atoms with E-state index < -0.39 is 8.07 Å². The maximum absolute atomic E-state index is 6.38. The number of allylic oxidation sites excluding steroid dienone is 13. The van der Waals surface area contributed by atoms with Gasteiger partial charge in [0.1, 0.15) is 13.8 Å². The third kappa shape index (κ3) is 5.53. The highest BCUT2D eigenvalue weighted by molar-refractivity contribution is 6.97. The first-order valence-corrected chi connectivity index (χ1v) is 22.7. The first-order chi connectivity index (χ1) is 26.8. The van der Waals surface area contributed by atoms with E-state index in [9.17, 15) is 0 Å². The van der Waals surface area contributed by atoms with Crippen LogP contribution < -0.4 is 19.7 Å². The molecule has 270 valence electrons. The number of anilines is 4. The molecule has 2 atom stereocenters. The monoisotopic (exact) mass is 730 g/mol. The molecule has 4 aromatic carbocycles.